The van der Waals surface area contributed by atoms with E-state index >= 15 is 0 Å². The maximum atomic E-state index is 12.3. The smallest absolute Gasteiger partial charge is 0.409 e. The third-order valence-corrected chi connectivity index (χ3v) is 4.58. The van der Waals surface area contributed by atoms with Crippen LogP contribution in [0.4, 0.5) is 10.6 Å². The first-order valence-corrected chi connectivity index (χ1v) is 9.44. The van der Waals surface area contributed by atoms with E-state index in [1.807, 2.05) is 26.1 Å². The summed E-state index contributed by atoms with van der Waals surface area (Å²) in [5.41, 5.74) is 0.603. The molecule has 2 rings (SSSR count). The molecule has 2 heterocycles. The standard InChI is InChI=1S/C19H30N4O3/c1-4-6-11-22(3)18(24)15-7-8-17(20-14-15)21-16-9-12-23(13-10-16)19(25)26-5-2/h7-8,14,16H,4-6,9-13H2,1-3H3,(H,20,21). The second-order valence-electron chi connectivity index (χ2n) is 6.62. The Balaban J connectivity index is 1.82. The number of hydrogen-bond acceptors (Lipinski definition) is 5. The van der Waals surface area contributed by atoms with Crippen LogP contribution in [0.5, 0.6) is 0 Å². The Hall–Kier alpha value is -2.31. The van der Waals surface area contributed by atoms with Gasteiger partial charge in [-0.1, -0.05) is 13.3 Å². The molecule has 0 atom stereocenters. The number of nitrogens with one attached hydrogen (secondary N) is 1. The van der Waals surface area contributed by atoms with E-state index in [9.17, 15) is 9.59 Å². The number of ether oxygens (including phenoxy) is 1. The van der Waals surface area contributed by atoms with E-state index in [1.54, 1.807) is 16.0 Å². The van der Waals surface area contributed by atoms with Gasteiger partial charge in [0.2, 0.25) is 0 Å². The van der Waals surface area contributed by atoms with Gasteiger partial charge in [0.05, 0.1) is 12.2 Å². The van der Waals surface area contributed by atoms with Crippen molar-refractivity contribution in [2.24, 2.45) is 0 Å². The van der Waals surface area contributed by atoms with E-state index in [4.69, 9.17) is 4.74 Å². The van der Waals surface area contributed by atoms with Gasteiger partial charge >= 0.3 is 6.09 Å². The Labute approximate surface area is 155 Å². The molecule has 1 aromatic heterocycles. The minimum absolute atomic E-state index is 0.000227. The summed E-state index contributed by atoms with van der Waals surface area (Å²) in [5, 5.41) is 3.39. The van der Waals surface area contributed by atoms with Gasteiger partial charge in [-0.05, 0) is 38.3 Å². The lowest BCUT2D eigenvalue weighted by Crippen LogP contribution is -2.42. The number of unbranched alkanes of at least 4 members (excludes halogenated alkanes) is 1. The van der Waals surface area contributed by atoms with Crippen molar-refractivity contribution >= 4 is 17.8 Å². The molecule has 7 heteroatoms. The number of pyridine rings is 1. The van der Waals surface area contributed by atoms with Crippen LogP contribution < -0.4 is 5.32 Å². The molecule has 1 N–H and O–H groups in total. The van der Waals surface area contributed by atoms with E-state index in [-0.39, 0.29) is 18.0 Å². The minimum atomic E-state index is -0.237. The average molecular weight is 362 g/mol. The van der Waals surface area contributed by atoms with E-state index in [1.165, 1.54) is 0 Å². The SMILES string of the molecule is CCCCN(C)C(=O)c1ccc(NC2CCN(C(=O)OCC)CC2)nc1. The molecule has 1 fully saturated rings. The first-order valence-electron chi connectivity index (χ1n) is 9.44. The Morgan fingerprint density at radius 1 is 1.31 bits per heavy atom. The summed E-state index contributed by atoms with van der Waals surface area (Å²) in [6, 6.07) is 3.92. The van der Waals surface area contributed by atoms with Gasteiger partial charge in [0.1, 0.15) is 5.82 Å². The van der Waals surface area contributed by atoms with Crippen molar-refractivity contribution in [3.05, 3.63) is 23.9 Å². The van der Waals surface area contributed by atoms with Crippen LogP contribution in [0.1, 0.15) is 49.9 Å². The largest absolute Gasteiger partial charge is 0.450 e. The maximum Gasteiger partial charge on any atom is 0.409 e. The summed E-state index contributed by atoms with van der Waals surface area (Å²) in [7, 11) is 1.82. The second kappa shape index (κ2) is 9.99. The Morgan fingerprint density at radius 2 is 2.04 bits per heavy atom. The van der Waals surface area contributed by atoms with Crippen molar-refractivity contribution < 1.29 is 14.3 Å². The van der Waals surface area contributed by atoms with Crippen LogP contribution in [-0.4, -0.2) is 66.1 Å². The summed E-state index contributed by atoms with van der Waals surface area (Å²) in [6.45, 7) is 6.43. The van der Waals surface area contributed by atoms with Crippen LogP contribution in [0.2, 0.25) is 0 Å². The van der Waals surface area contributed by atoms with Crippen molar-refractivity contribution in [2.75, 3.05) is 38.6 Å². The summed E-state index contributed by atoms with van der Waals surface area (Å²) in [4.78, 5) is 31.9. The number of carbonyl (C=O) groups is 2. The summed E-state index contributed by atoms with van der Waals surface area (Å²) in [5.74, 6) is 0.757. The number of likely N-dealkylation sites (tertiary alicyclic amines) is 1. The van der Waals surface area contributed by atoms with Gasteiger partial charge < -0.3 is 19.9 Å². The van der Waals surface area contributed by atoms with Gasteiger partial charge in [0.15, 0.2) is 0 Å². The number of anilines is 1. The second-order valence-corrected chi connectivity index (χ2v) is 6.62. The average Bonchev–Trinajstić information content (AvgIpc) is 2.67. The van der Waals surface area contributed by atoms with E-state index in [0.717, 1.165) is 38.0 Å². The van der Waals surface area contributed by atoms with Crippen LogP contribution >= 0.6 is 0 Å². The first kappa shape index (κ1) is 20.0. The predicted molar refractivity (Wildman–Crippen MR) is 101 cm³/mol. The number of rotatable bonds is 7. The molecule has 144 valence electrons. The molecular formula is C19H30N4O3. The van der Waals surface area contributed by atoms with Crippen LogP contribution in [0.15, 0.2) is 18.3 Å². The molecule has 1 aliphatic heterocycles. The molecule has 0 radical (unpaired) electrons. The lowest BCUT2D eigenvalue weighted by molar-refractivity contribution is 0.0792. The minimum Gasteiger partial charge on any atom is -0.450 e. The molecule has 0 aromatic carbocycles. The summed E-state index contributed by atoms with van der Waals surface area (Å²) in [6.07, 6.45) is 5.15. The van der Waals surface area contributed by atoms with Crippen molar-refractivity contribution in [1.82, 2.24) is 14.8 Å². The zero-order valence-corrected chi connectivity index (χ0v) is 16.0. The summed E-state index contributed by atoms with van der Waals surface area (Å²) >= 11 is 0. The molecule has 1 aliphatic rings. The normalized spacial score (nSPS) is 14.8. The number of carbonyl (C=O) groups excluding carboxylic acids is 2. The highest BCUT2D eigenvalue weighted by Gasteiger charge is 2.23. The van der Waals surface area contributed by atoms with Crippen LogP contribution in [0, 0.1) is 0 Å². The molecule has 2 amide bonds. The molecule has 7 nitrogen and oxygen atoms in total. The van der Waals surface area contributed by atoms with Crippen molar-refractivity contribution in [3.63, 3.8) is 0 Å². The topological polar surface area (TPSA) is 74.8 Å². The fraction of sp³-hybridized carbons (Fsp3) is 0.632. The number of hydrogen-bond donors (Lipinski definition) is 1. The van der Waals surface area contributed by atoms with E-state index < -0.39 is 0 Å². The fourth-order valence-electron chi connectivity index (χ4n) is 2.95. The molecule has 0 aliphatic carbocycles. The van der Waals surface area contributed by atoms with Gasteiger partial charge in [0.25, 0.3) is 5.91 Å². The van der Waals surface area contributed by atoms with Gasteiger partial charge in [-0.2, -0.15) is 0 Å². The fourth-order valence-corrected chi connectivity index (χ4v) is 2.95. The van der Waals surface area contributed by atoms with Crippen molar-refractivity contribution in [3.8, 4) is 0 Å². The van der Waals surface area contributed by atoms with Crippen LogP contribution in [0.3, 0.4) is 0 Å². The highest BCUT2D eigenvalue weighted by molar-refractivity contribution is 5.93. The molecule has 1 aromatic rings. The van der Waals surface area contributed by atoms with E-state index in [2.05, 4.69) is 17.2 Å². The predicted octanol–water partition coefficient (Wildman–Crippen LogP) is 2.99. The molecule has 0 unspecified atom stereocenters. The van der Waals surface area contributed by atoms with Crippen LogP contribution in [-0.2, 0) is 4.74 Å². The lowest BCUT2D eigenvalue weighted by atomic mass is 10.1. The Morgan fingerprint density at radius 3 is 2.62 bits per heavy atom. The van der Waals surface area contributed by atoms with Crippen molar-refractivity contribution in [2.45, 2.75) is 45.6 Å². The zero-order valence-electron chi connectivity index (χ0n) is 16.0. The molecule has 26 heavy (non-hydrogen) atoms. The number of piperidine rings is 1. The third-order valence-electron chi connectivity index (χ3n) is 4.58. The molecule has 0 spiro atoms. The van der Waals surface area contributed by atoms with Gasteiger partial charge in [-0.3, -0.25) is 4.79 Å². The monoisotopic (exact) mass is 362 g/mol. The van der Waals surface area contributed by atoms with Crippen molar-refractivity contribution in [1.29, 1.82) is 0 Å². The molecule has 0 saturated carbocycles. The highest BCUT2D eigenvalue weighted by Crippen LogP contribution is 2.16. The number of aromatic nitrogens is 1. The third kappa shape index (κ3) is 5.61. The zero-order chi connectivity index (χ0) is 18.9. The number of nitrogens with zero attached hydrogens (tertiary/aromatic N) is 3. The van der Waals surface area contributed by atoms with Gasteiger partial charge in [0, 0.05) is 38.9 Å². The van der Waals surface area contributed by atoms with Crippen LogP contribution in [0.25, 0.3) is 0 Å². The molecular weight excluding hydrogens is 332 g/mol. The molecule has 1 saturated heterocycles. The Bertz CT molecular complexity index is 583. The quantitative estimate of drug-likeness (QED) is 0.807. The van der Waals surface area contributed by atoms with E-state index in [0.29, 0.717) is 25.3 Å². The highest BCUT2D eigenvalue weighted by atomic mass is 16.6. The van der Waals surface area contributed by atoms with Gasteiger partial charge in [-0.15, -0.1) is 0 Å². The molecule has 0 bridgehead atoms. The first-order chi connectivity index (χ1) is 12.5. The van der Waals surface area contributed by atoms with Gasteiger partial charge in [-0.25, -0.2) is 9.78 Å². The maximum absolute atomic E-state index is 12.3. The summed E-state index contributed by atoms with van der Waals surface area (Å²) < 4.78 is 5.03. The Kier molecular flexibility index (Phi) is 7.69. The number of amides is 2. The lowest BCUT2D eigenvalue weighted by Gasteiger charge is -2.31.